The van der Waals surface area contributed by atoms with Gasteiger partial charge in [-0.05, 0) is 6.07 Å². The number of anilines is 1. The molecule has 0 radical (unpaired) electrons. The topological polar surface area (TPSA) is 73.0 Å². The van der Waals surface area contributed by atoms with Crippen molar-refractivity contribution in [3.8, 4) is 0 Å². The third-order valence-electron chi connectivity index (χ3n) is 1.50. The molecule has 4 nitrogen and oxygen atoms in total. The summed E-state index contributed by atoms with van der Waals surface area (Å²) in [5.74, 6) is -0.656. The van der Waals surface area contributed by atoms with Crippen molar-refractivity contribution in [3.05, 3.63) is 16.8 Å². The van der Waals surface area contributed by atoms with Gasteiger partial charge in [-0.3, -0.25) is 0 Å². The predicted octanol–water partition coefficient (Wildman–Crippen LogP) is 2.18. The van der Waals surface area contributed by atoms with Gasteiger partial charge in [-0.25, -0.2) is 22.2 Å². The van der Waals surface area contributed by atoms with E-state index in [2.05, 4.69) is 4.98 Å². The second kappa shape index (κ2) is 4.07. The molecule has 1 aromatic rings. The van der Waals surface area contributed by atoms with Crippen LogP contribution in [0, 0.1) is 0 Å². The van der Waals surface area contributed by atoms with Crippen molar-refractivity contribution in [3.63, 3.8) is 0 Å². The van der Waals surface area contributed by atoms with Crippen molar-refractivity contribution >= 4 is 37.2 Å². The first-order valence-electron chi connectivity index (χ1n) is 3.42. The lowest BCUT2D eigenvalue weighted by molar-refractivity contribution is 0.148. The van der Waals surface area contributed by atoms with Gasteiger partial charge in [0.1, 0.15) is 11.0 Å². The molecule has 0 amide bonds. The van der Waals surface area contributed by atoms with Crippen LogP contribution in [0.1, 0.15) is 12.0 Å². The Morgan fingerprint density at radius 1 is 1.47 bits per heavy atom. The Morgan fingerprint density at radius 2 is 2.00 bits per heavy atom. The zero-order chi connectivity index (χ0) is 11.8. The van der Waals surface area contributed by atoms with Crippen molar-refractivity contribution in [2.24, 2.45) is 0 Å². The third-order valence-corrected chi connectivity index (χ3v) is 3.06. The molecule has 9 heteroatoms. The number of hydrogen-bond donors (Lipinski definition) is 1. The average molecular weight is 277 g/mol. The second-order valence-corrected chi connectivity index (χ2v) is 5.40. The summed E-state index contributed by atoms with van der Waals surface area (Å²) in [7, 11) is 0.613. The van der Waals surface area contributed by atoms with Gasteiger partial charge in [0.15, 0.2) is 0 Å². The van der Waals surface area contributed by atoms with Gasteiger partial charge in [-0.1, -0.05) is 11.6 Å². The van der Waals surface area contributed by atoms with Crippen molar-refractivity contribution in [2.75, 3.05) is 5.73 Å². The Balaban J connectivity index is 3.62. The van der Waals surface area contributed by atoms with Gasteiger partial charge >= 0.3 is 0 Å². The normalized spacial score (nSPS) is 12.1. The Hall–Kier alpha value is -0.660. The molecule has 0 bridgehead atoms. The molecule has 1 aromatic heterocycles. The highest BCUT2D eigenvalue weighted by molar-refractivity contribution is 8.13. The van der Waals surface area contributed by atoms with Crippen molar-refractivity contribution < 1.29 is 17.2 Å². The van der Waals surface area contributed by atoms with E-state index in [0.29, 0.717) is 0 Å². The van der Waals surface area contributed by atoms with Crippen LogP contribution in [0.3, 0.4) is 0 Å². The first-order valence-corrected chi connectivity index (χ1v) is 6.11. The summed E-state index contributed by atoms with van der Waals surface area (Å²) in [5, 5.41) is -0.323. The summed E-state index contributed by atoms with van der Waals surface area (Å²) in [6.45, 7) is 0. The Bertz CT molecular complexity index is 492. The van der Waals surface area contributed by atoms with Gasteiger partial charge < -0.3 is 5.73 Å². The smallest absolute Gasteiger partial charge is 0.268 e. The van der Waals surface area contributed by atoms with Crippen LogP contribution in [-0.4, -0.2) is 13.4 Å². The molecule has 1 rings (SSSR count). The maximum atomic E-state index is 12.5. The predicted molar refractivity (Wildman–Crippen MR) is 51.7 cm³/mol. The lowest BCUT2D eigenvalue weighted by Gasteiger charge is -2.08. The number of nitrogens with two attached hydrogens (primary N) is 1. The molecule has 0 atom stereocenters. The van der Waals surface area contributed by atoms with E-state index >= 15 is 0 Å². The van der Waals surface area contributed by atoms with Gasteiger partial charge in [0.25, 0.3) is 15.5 Å². The molecule has 0 aliphatic rings. The quantitative estimate of drug-likeness (QED) is 0.664. The molecule has 1 heterocycles. The maximum Gasteiger partial charge on any atom is 0.268 e. The highest BCUT2D eigenvalue weighted by atomic mass is 35.7. The fourth-order valence-electron chi connectivity index (χ4n) is 0.941. The largest absolute Gasteiger partial charge is 0.383 e. The van der Waals surface area contributed by atoms with E-state index in [9.17, 15) is 17.2 Å². The number of rotatable bonds is 2. The van der Waals surface area contributed by atoms with E-state index in [1.54, 1.807) is 0 Å². The molecule has 84 valence electrons. The molecule has 0 fully saturated rings. The standard InChI is InChI=1S/C6H4Cl2F2N2O2S/c7-3-1-2(15(8,13)14)4(5(9)10)6(11)12-3/h1,5H,(H2,11,12). The van der Waals surface area contributed by atoms with Crippen molar-refractivity contribution in [2.45, 2.75) is 11.3 Å². The van der Waals surface area contributed by atoms with E-state index in [0.717, 1.165) is 6.07 Å². The Kier molecular flexibility index (Phi) is 3.37. The Labute approximate surface area is 93.4 Å². The second-order valence-electron chi connectivity index (χ2n) is 2.48. The fourth-order valence-corrected chi connectivity index (χ4v) is 2.30. The number of nitrogen functional groups attached to an aromatic ring is 1. The van der Waals surface area contributed by atoms with E-state index in [4.69, 9.17) is 28.0 Å². The number of pyridine rings is 1. The molecule has 0 saturated heterocycles. The summed E-state index contributed by atoms with van der Waals surface area (Å²) >= 11 is 5.37. The molecule has 0 spiro atoms. The highest BCUT2D eigenvalue weighted by Crippen LogP contribution is 2.33. The van der Waals surface area contributed by atoms with Crippen LogP contribution in [0.15, 0.2) is 11.0 Å². The fraction of sp³-hybridized carbons (Fsp3) is 0.167. The van der Waals surface area contributed by atoms with Gasteiger partial charge in [0.2, 0.25) is 0 Å². The minimum Gasteiger partial charge on any atom is -0.383 e. The summed E-state index contributed by atoms with van der Waals surface area (Å²) < 4.78 is 46.8. The van der Waals surface area contributed by atoms with Crippen LogP contribution >= 0.6 is 22.3 Å². The van der Waals surface area contributed by atoms with E-state index in [-0.39, 0.29) is 5.15 Å². The maximum absolute atomic E-state index is 12.5. The summed E-state index contributed by atoms with van der Waals surface area (Å²) in [5.41, 5.74) is 4.19. The number of halogens is 4. The van der Waals surface area contributed by atoms with Crippen molar-refractivity contribution in [1.82, 2.24) is 4.98 Å². The number of aromatic nitrogens is 1. The zero-order valence-corrected chi connectivity index (χ0v) is 9.24. The number of nitrogens with zero attached hydrogens (tertiary/aromatic N) is 1. The van der Waals surface area contributed by atoms with Crippen molar-refractivity contribution in [1.29, 1.82) is 0 Å². The van der Waals surface area contributed by atoms with Crippen LogP contribution < -0.4 is 5.73 Å². The van der Waals surface area contributed by atoms with E-state index in [1.165, 1.54) is 0 Å². The first-order chi connectivity index (χ1) is 6.73. The molecule has 0 unspecified atom stereocenters. The van der Waals surface area contributed by atoms with Crippen LogP contribution in [0.25, 0.3) is 0 Å². The number of alkyl halides is 2. The van der Waals surface area contributed by atoms with E-state index in [1.807, 2.05) is 0 Å². The summed E-state index contributed by atoms with van der Waals surface area (Å²) in [6.07, 6.45) is -3.10. The first kappa shape index (κ1) is 12.4. The highest BCUT2D eigenvalue weighted by Gasteiger charge is 2.26. The molecule has 0 saturated carbocycles. The van der Waals surface area contributed by atoms with Gasteiger partial charge in [-0.2, -0.15) is 0 Å². The summed E-state index contributed by atoms with van der Waals surface area (Å²) in [6, 6.07) is 0.724. The number of hydrogen-bond acceptors (Lipinski definition) is 4. The van der Waals surface area contributed by atoms with Gasteiger partial charge in [-0.15, -0.1) is 0 Å². The Morgan fingerprint density at radius 3 is 2.40 bits per heavy atom. The molecule has 2 N–H and O–H groups in total. The molecule has 0 aromatic carbocycles. The van der Waals surface area contributed by atoms with Crippen LogP contribution in [-0.2, 0) is 9.05 Å². The molecular formula is C6H4Cl2F2N2O2S. The molecule has 0 aliphatic carbocycles. The molecule has 0 aliphatic heterocycles. The van der Waals surface area contributed by atoms with Gasteiger partial charge in [0, 0.05) is 10.7 Å². The molecule has 15 heavy (non-hydrogen) atoms. The monoisotopic (exact) mass is 276 g/mol. The zero-order valence-electron chi connectivity index (χ0n) is 6.92. The third kappa shape index (κ3) is 2.67. The van der Waals surface area contributed by atoms with Crippen LogP contribution in [0.2, 0.25) is 5.15 Å². The average Bonchev–Trinajstić information content (AvgIpc) is 1.99. The SMILES string of the molecule is Nc1nc(Cl)cc(S(=O)(=O)Cl)c1C(F)F. The van der Waals surface area contributed by atoms with Crippen LogP contribution in [0.5, 0.6) is 0 Å². The molecular weight excluding hydrogens is 273 g/mol. The summed E-state index contributed by atoms with van der Waals surface area (Å²) in [4.78, 5) is 2.49. The minimum absolute atomic E-state index is 0.323. The minimum atomic E-state index is -4.34. The van der Waals surface area contributed by atoms with E-state index < -0.39 is 31.8 Å². The van der Waals surface area contributed by atoms with Crippen LogP contribution in [0.4, 0.5) is 14.6 Å². The lowest BCUT2D eigenvalue weighted by atomic mass is 10.2. The van der Waals surface area contributed by atoms with Gasteiger partial charge in [0.05, 0.1) is 10.5 Å². The lowest BCUT2D eigenvalue weighted by Crippen LogP contribution is -2.05.